The standard InChI is InChI=1S/C15H23FN2O/c1-11(2)18(4)10-6-9-17-15(19)13-8-5-7-12(3)14(13)16/h5,7-8,11H,6,9-10H2,1-4H3,(H,17,19). The zero-order valence-electron chi connectivity index (χ0n) is 12.2. The van der Waals surface area contributed by atoms with Gasteiger partial charge < -0.3 is 10.2 Å². The smallest absolute Gasteiger partial charge is 0.254 e. The Kier molecular flexibility index (Phi) is 5.96. The van der Waals surface area contributed by atoms with Gasteiger partial charge in [0.15, 0.2) is 0 Å². The lowest BCUT2D eigenvalue weighted by atomic mass is 10.1. The normalized spacial score (nSPS) is 11.1. The van der Waals surface area contributed by atoms with E-state index in [-0.39, 0.29) is 11.5 Å². The summed E-state index contributed by atoms with van der Waals surface area (Å²) >= 11 is 0. The first-order valence-corrected chi connectivity index (χ1v) is 6.67. The lowest BCUT2D eigenvalue weighted by Crippen LogP contribution is -2.31. The largest absolute Gasteiger partial charge is 0.352 e. The fourth-order valence-electron chi connectivity index (χ4n) is 1.71. The maximum absolute atomic E-state index is 13.7. The maximum Gasteiger partial charge on any atom is 0.254 e. The molecular formula is C15H23FN2O. The second-order valence-corrected chi connectivity index (χ2v) is 5.12. The number of rotatable bonds is 6. The van der Waals surface area contributed by atoms with Crippen LogP contribution in [-0.2, 0) is 0 Å². The Morgan fingerprint density at radius 3 is 2.74 bits per heavy atom. The van der Waals surface area contributed by atoms with Gasteiger partial charge in [0.25, 0.3) is 5.91 Å². The van der Waals surface area contributed by atoms with Crippen molar-refractivity contribution in [2.45, 2.75) is 33.2 Å². The molecule has 19 heavy (non-hydrogen) atoms. The van der Waals surface area contributed by atoms with Crippen molar-refractivity contribution in [1.29, 1.82) is 0 Å². The monoisotopic (exact) mass is 266 g/mol. The second kappa shape index (κ2) is 7.24. The summed E-state index contributed by atoms with van der Waals surface area (Å²) in [5.41, 5.74) is 0.615. The summed E-state index contributed by atoms with van der Waals surface area (Å²) in [4.78, 5) is 14.0. The van der Waals surface area contributed by atoms with Gasteiger partial charge >= 0.3 is 0 Å². The van der Waals surface area contributed by atoms with Crippen molar-refractivity contribution in [1.82, 2.24) is 10.2 Å². The fourth-order valence-corrected chi connectivity index (χ4v) is 1.71. The molecule has 0 heterocycles. The summed E-state index contributed by atoms with van der Waals surface area (Å²) in [6.45, 7) is 7.38. The van der Waals surface area contributed by atoms with Crippen LogP contribution in [0.4, 0.5) is 4.39 Å². The first-order valence-electron chi connectivity index (χ1n) is 6.67. The number of benzene rings is 1. The first kappa shape index (κ1) is 15.6. The Bertz CT molecular complexity index is 432. The number of aryl methyl sites for hydroxylation is 1. The molecule has 1 aromatic carbocycles. The van der Waals surface area contributed by atoms with Gasteiger partial charge in [0.05, 0.1) is 5.56 Å². The quantitative estimate of drug-likeness (QED) is 0.803. The van der Waals surface area contributed by atoms with Crippen molar-refractivity contribution in [3.8, 4) is 0 Å². The van der Waals surface area contributed by atoms with E-state index in [4.69, 9.17) is 0 Å². The first-order chi connectivity index (χ1) is 8.93. The van der Waals surface area contributed by atoms with Crippen LogP contribution in [0.1, 0.15) is 36.2 Å². The number of hydrogen-bond acceptors (Lipinski definition) is 2. The van der Waals surface area contributed by atoms with Crippen molar-refractivity contribution in [3.05, 3.63) is 35.1 Å². The Morgan fingerprint density at radius 1 is 1.42 bits per heavy atom. The molecule has 0 bridgehead atoms. The molecule has 0 saturated heterocycles. The third kappa shape index (κ3) is 4.63. The molecule has 0 radical (unpaired) electrons. The van der Waals surface area contributed by atoms with Gasteiger partial charge in [-0.1, -0.05) is 12.1 Å². The number of carbonyl (C=O) groups excluding carboxylic acids is 1. The van der Waals surface area contributed by atoms with Crippen LogP contribution in [0.15, 0.2) is 18.2 Å². The van der Waals surface area contributed by atoms with E-state index in [0.29, 0.717) is 18.2 Å². The highest BCUT2D eigenvalue weighted by atomic mass is 19.1. The Labute approximate surface area is 114 Å². The number of amides is 1. The molecule has 106 valence electrons. The Balaban J connectivity index is 2.42. The van der Waals surface area contributed by atoms with Gasteiger partial charge in [-0.15, -0.1) is 0 Å². The summed E-state index contributed by atoms with van der Waals surface area (Å²) in [6, 6.07) is 5.35. The van der Waals surface area contributed by atoms with Crippen LogP contribution in [0.3, 0.4) is 0 Å². The van der Waals surface area contributed by atoms with Gasteiger partial charge in [0.1, 0.15) is 5.82 Å². The number of halogens is 1. The number of hydrogen-bond donors (Lipinski definition) is 1. The summed E-state index contributed by atoms with van der Waals surface area (Å²) in [5, 5.41) is 2.76. The molecule has 3 nitrogen and oxygen atoms in total. The molecule has 0 atom stereocenters. The van der Waals surface area contributed by atoms with Crippen molar-refractivity contribution >= 4 is 5.91 Å². The van der Waals surface area contributed by atoms with Gasteiger partial charge in [-0.2, -0.15) is 0 Å². The molecular weight excluding hydrogens is 243 g/mol. The maximum atomic E-state index is 13.7. The van der Waals surface area contributed by atoms with Crippen LogP contribution < -0.4 is 5.32 Å². The highest BCUT2D eigenvalue weighted by Crippen LogP contribution is 2.11. The van der Waals surface area contributed by atoms with Gasteiger partial charge in [-0.3, -0.25) is 4.79 Å². The minimum atomic E-state index is -0.431. The molecule has 0 aliphatic heterocycles. The average Bonchev–Trinajstić information content (AvgIpc) is 2.37. The van der Waals surface area contributed by atoms with Crippen molar-refractivity contribution < 1.29 is 9.18 Å². The lowest BCUT2D eigenvalue weighted by molar-refractivity contribution is 0.0947. The van der Waals surface area contributed by atoms with E-state index in [1.165, 1.54) is 6.07 Å². The van der Waals surface area contributed by atoms with Crippen LogP contribution >= 0.6 is 0 Å². The highest BCUT2D eigenvalue weighted by molar-refractivity contribution is 5.94. The molecule has 0 fully saturated rings. The summed E-state index contributed by atoms with van der Waals surface area (Å²) < 4.78 is 13.7. The van der Waals surface area contributed by atoms with Crippen molar-refractivity contribution in [2.24, 2.45) is 0 Å². The predicted molar refractivity (Wildman–Crippen MR) is 75.9 cm³/mol. The predicted octanol–water partition coefficient (Wildman–Crippen LogP) is 2.59. The van der Waals surface area contributed by atoms with E-state index in [1.807, 2.05) is 7.05 Å². The molecule has 1 amide bonds. The molecule has 4 heteroatoms. The third-order valence-corrected chi connectivity index (χ3v) is 3.29. The van der Waals surface area contributed by atoms with Crippen LogP contribution in [-0.4, -0.2) is 37.0 Å². The van der Waals surface area contributed by atoms with E-state index in [9.17, 15) is 9.18 Å². The van der Waals surface area contributed by atoms with Crippen molar-refractivity contribution in [3.63, 3.8) is 0 Å². The minimum absolute atomic E-state index is 0.122. The van der Waals surface area contributed by atoms with Gasteiger partial charge in [0.2, 0.25) is 0 Å². The lowest BCUT2D eigenvalue weighted by Gasteiger charge is -2.20. The molecule has 0 saturated carbocycles. The summed E-state index contributed by atoms with van der Waals surface area (Å²) in [7, 11) is 2.05. The van der Waals surface area contributed by atoms with Crippen LogP contribution in [0.2, 0.25) is 0 Å². The zero-order valence-corrected chi connectivity index (χ0v) is 12.2. The molecule has 1 N–H and O–H groups in total. The number of nitrogens with one attached hydrogen (secondary N) is 1. The van der Waals surface area contributed by atoms with E-state index in [2.05, 4.69) is 24.1 Å². The minimum Gasteiger partial charge on any atom is -0.352 e. The Morgan fingerprint density at radius 2 is 2.11 bits per heavy atom. The van der Waals surface area contributed by atoms with Crippen LogP contribution in [0.5, 0.6) is 0 Å². The van der Waals surface area contributed by atoms with E-state index in [1.54, 1.807) is 19.1 Å². The topological polar surface area (TPSA) is 32.3 Å². The SMILES string of the molecule is Cc1cccc(C(=O)NCCCN(C)C(C)C)c1F. The Hall–Kier alpha value is -1.42. The van der Waals surface area contributed by atoms with E-state index >= 15 is 0 Å². The number of nitrogens with zero attached hydrogens (tertiary/aromatic N) is 1. The van der Waals surface area contributed by atoms with Gasteiger partial charge in [-0.05, 0) is 52.4 Å². The molecule has 0 aromatic heterocycles. The van der Waals surface area contributed by atoms with Gasteiger partial charge in [0, 0.05) is 12.6 Å². The highest BCUT2D eigenvalue weighted by Gasteiger charge is 2.12. The molecule has 0 aliphatic carbocycles. The van der Waals surface area contributed by atoms with Crippen molar-refractivity contribution in [2.75, 3.05) is 20.1 Å². The van der Waals surface area contributed by atoms with E-state index < -0.39 is 5.82 Å². The van der Waals surface area contributed by atoms with Gasteiger partial charge in [-0.25, -0.2) is 4.39 Å². The number of carbonyl (C=O) groups is 1. The van der Waals surface area contributed by atoms with Crippen LogP contribution in [0.25, 0.3) is 0 Å². The molecule has 1 aromatic rings. The average molecular weight is 266 g/mol. The summed E-state index contributed by atoms with van der Waals surface area (Å²) in [5.74, 6) is -0.771. The fraction of sp³-hybridized carbons (Fsp3) is 0.533. The second-order valence-electron chi connectivity index (χ2n) is 5.12. The van der Waals surface area contributed by atoms with E-state index in [0.717, 1.165) is 13.0 Å². The molecule has 0 unspecified atom stereocenters. The molecule has 0 aliphatic rings. The third-order valence-electron chi connectivity index (χ3n) is 3.29. The van der Waals surface area contributed by atoms with Crippen LogP contribution in [0, 0.1) is 12.7 Å². The molecule has 1 rings (SSSR count). The molecule has 0 spiro atoms. The summed E-state index contributed by atoms with van der Waals surface area (Å²) in [6.07, 6.45) is 0.855. The zero-order chi connectivity index (χ0) is 14.4.